The Morgan fingerprint density at radius 1 is 1.17 bits per heavy atom. The predicted octanol–water partition coefficient (Wildman–Crippen LogP) is 2.60. The van der Waals surface area contributed by atoms with Crippen molar-refractivity contribution < 1.29 is 19.1 Å². The summed E-state index contributed by atoms with van der Waals surface area (Å²) in [5.74, 6) is -0.00134. The first-order chi connectivity index (χ1) is 14.0. The van der Waals surface area contributed by atoms with Gasteiger partial charge in [-0.1, -0.05) is 6.07 Å². The molecule has 29 heavy (non-hydrogen) atoms. The van der Waals surface area contributed by atoms with Crippen molar-refractivity contribution in [2.24, 2.45) is 5.92 Å². The fourth-order valence-corrected chi connectivity index (χ4v) is 3.96. The molecule has 0 spiro atoms. The molecule has 0 aromatic heterocycles. The molecule has 1 fully saturated rings. The lowest BCUT2D eigenvalue weighted by Crippen LogP contribution is -2.28. The van der Waals surface area contributed by atoms with E-state index in [1.54, 1.807) is 48.1 Å². The third-order valence-corrected chi connectivity index (χ3v) is 5.48. The Hall–Kier alpha value is -3.35. The van der Waals surface area contributed by atoms with E-state index in [0.29, 0.717) is 24.5 Å². The van der Waals surface area contributed by atoms with Gasteiger partial charge < -0.3 is 19.9 Å². The molecule has 2 aliphatic rings. The molecule has 3 amide bonds. The highest BCUT2D eigenvalue weighted by molar-refractivity contribution is 6.04. The fourth-order valence-electron chi connectivity index (χ4n) is 3.96. The molecule has 4 rings (SSSR count). The second-order valence-corrected chi connectivity index (χ2v) is 7.36. The first-order valence-electron chi connectivity index (χ1n) is 9.62. The highest BCUT2D eigenvalue weighted by Crippen LogP contribution is 2.34. The van der Waals surface area contributed by atoms with Crippen LogP contribution in [0.2, 0.25) is 0 Å². The number of fused-ring (bicyclic) bond motifs is 1. The lowest BCUT2D eigenvalue weighted by Gasteiger charge is -2.19. The minimum absolute atomic E-state index is 0.0167. The van der Waals surface area contributed by atoms with Crippen molar-refractivity contribution in [2.45, 2.75) is 19.8 Å². The number of anilines is 3. The number of carbonyl (C=O) groups is 3. The van der Waals surface area contributed by atoms with Gasteiger partial charge in [0.15, 0.2) is 0 Å². The fraction of sp³-hybridized carbons (Fsp3) is 0.318. The lowest BCUT2D eigenvalue weighted by atomic mass is 10.1. The first-order valence-corrected chi connectivity index (χ1v) is 9.62. The number of carbonyl (C=O) groups excluding carboxylic acids is 3. The van der Waals surface area contributed by atoms with Gasteiger partial charge in [-0.15, -0.1) is 0 Å². The second-order valence-electron chi connectivity index (χ2n) is 7.36. The number of amides is 3. The number of ether oxygens (including phenoxy) is 1. The van der Waals surface area contributed by atoms with Crippen LogP contribution in [0.4, 0.5) is 17.1 Å². The average molecular weight is 393 g/mol. The van der Waals surface area contributed by atoms with Crippen molar-refractivity contribution in [2.75, 3.05) is 35.3 Å². The molecule has 1 N–H and O–H groups in total. The average Bonchev–Trinajstić information content (AvgIpc) is 3.31. The minimum Gasteiger partial charge on any atom is -0.497 e. The van der Waals surface area contributed by atoms with E-state index in [1.165, 1.54) is 0 Å². The molecule has 2 aromatic rings. The summed E-state index contributed by atoms with van der Waals surface area (Å²) in [4.78, 5) is 40.4. The maximum Gasteiger partial charge on any atom is 0.229 e. The SMILES string of the molecule is COc1cccc(NC(=O)[C@@H]2CC(=O)N(c3ccc4c(c3)CCN4C(C)=O)C2)c1. The van der Waals surface area contributed by atoms with Gasteiger partial charge in [0.25, 0.3) is 0 Å². The molecule has 0 unspecified atom stereocenters. The van der Waals surface area contributed by atoms with Gasteiger partial charge in [-0.05, 0) is 42.3 Å². The molecule has 2 aliphatic heterocycles. The molecule has 2 heterocycles. The van der Waals surface area contributed by atoms with E-state index in [4.69, 9.17) is 4.74 Å². The number of nitrogens with one attached hydrogen (secondary N) is 1. The van der Waals surface area contributed by atoms with Gasteiger partial charge in [0.2, 0.25) is 17.7 Å². The van der Waals surface area contributed by atoms with Crippen molar-refractivity contribution in [3.63, 3.8) is 0 Å². The van der Waals surface area contributed by atoms with Crippen molar-refractivity contribution in [1.82, 2.24) is 0 Å². The van der Waals surface area contributed by atoms with Crippen LogP contribution in [0.25, 0.3) is 0 Å². The zero-order valence-electron chi connectivity index (χ0n) is 16.5. The molecular formula is C22H23N3O4. The van der Waals surface area contributed by atoms with Gasteiger partial charge in [0.05, 0.1) is 13.0 Å². The summed E-state index contributed by atoms with van der Waals surface area (Å²) in [6.45, 7) is 2.55. The number of hydrogen-bond acceptors (Lipinski definition) is 4. The summed E-state index contributed by atoms with van der Waals surface area (Å²) < 4.78 is 5.17. The van der Waals surface area contributed by atoms with Crippen LogP contribution in [0.1, 0.15) is 18.9 Å². The monoisotopic (exact) mass is 393 g/mol. The summed E-state index contributed by atoms with van der Waals surface area (Å²) in [6.07, 6.45) is 0.941. The molecule has 0 radical (unpaired) electrons. The van der Waals surface area contributed by atoms with Crippen LogP contribution in [0.3, 0.4) is 0 Å². The Balaban J connectivity index is 1.47. The van der Waals surface area contributed by atoms with Crippen LogP contribution in [0.5, 0.6) is 5.75 Å². The van der Waals surface area contributed by atoms with Crippen LogP contribution < -0.4 is 19.9 Å². The smallest absolute Gasteiger partial charge is 0.229 e. The highest BCUT2D eigenvalue weighted by atomic mass is 16.5. The van der Waals surface area contributed by atoms with Gasteiger partial charge in [0.1, 0.15) is 5.75 Å². The topological polar surface area (TPSA) is 79.0 Å². The number of methoxy groups -OCH3 is 1. The Bertz CT molecular complexity index is 988. The first kappa shape index (κ1) is 19.0. The van der Waals surface area contributed by atoms with Crippen LogP contribution >= 0.6 is 0 Å². The molecule has 0 saturated carbocycles. The molecular weight excluding hydrogens is 370 g/mol. The van der Waals surface area contributed by atoms with E-state index in [-0.39, 0.29) is 24.1 Å². The number of rotatable bonds is 4. The standard InChI is InChI=1S/C22H23N3O4/c1-14(26)24-9-8-15-10-18(6-7-20(15)24)25-13-16(11-21(25)27)22(28)23-17-4-3-5-19(12-17)29-2/h3-7,10,12,16H,8-9,11,13H2,1-2H3,(H,23,28)/t16-/m1/s1. The normalized spacial score (nSPS) is 18.0. The summed E-state index contributed by atoms with van der Waals surface area (Å²) in [5.41, 5.74) is 3.37. The third-order valence-electron chi connectivity index (χ3n) is 5.48. The zero-order valence-corrected chi connectivity index (χ0v) is 16.5. The molecule has 0 aliphatic carbocycles. The number of hydrogen-bond donors (Lipinski definition) is 1. The Morgan fingerprint density at radius 2 is 2.00 bits per heavy atom. The molecule has 150 valence electrons. The second kappa shape index (κ2) is 7.58. The van der Waals surface area contributed by atoms with Crippen molar-refractivity contribution in [1.29, 1.82) is 0 Å². The third kappa shape index (κ3) is 3.68. The summed E-state index contributed by atoms with van der Waals surface area (Å²) in [5, 5.41) is 2.87. The van der Waals surface area contributed by atoms with Crippen LogP contribution in [-0.4, -0.2) is 37.9 Å². The molecule has 7 nitrogen and oxygen atoms in total. The van der Waals surface area contributed by atoms with Crippen LogP contribution in [0, 0.1) is 5.92 Å². The number of benzene rings is 2. The van der Waals surface area contributed by atoms with Crippen LogP contribution in [0.15, 0.2) is 42.5 Å². The number of nitrogens with zero attached hydrogens (tertiary/aromatic N) is 2. The zero-order chi connectivity index (χ0) is 20.5. The summed E-state index contributed by atoms with van der Waals surface area (Å²) >= 11 is 0. The Kier molecular flexibility index (Phi) is 4.96. The summed E-state index contributed by atoms with van der Waals surface area (Å²) in [6, 6.07) is 12.8. The van der Waals surface area contributed by atoms with Gasteiger partial charge >= 0.3 is 0 Å². The molecule has 1 saturated heterocycles. The Labute approximate surface area is 169 Å². The van der Waals surface area contributed by atoms with E-state index < -0.39 is 5.92 Å². The quantitative estimate of drug-likeness (QED) is 0.866. The van der Waals surface area contributed by atoms with E-state index >= 15 is 0 Å². The lowest BCUT2D eigenvalue weighted by molar-refractivity contribution is -0.122. The minimum atomic E-state index is -0.421. The van der Waals surface area contributed by atoms with Crippen molar-refractivity contribution in [3.8, 4) is 5.75 Å². The highest BCUT2D eigenvalue weighted by Gasteiger charge is 2.36. The largest absolute Gasteiger partial charge is 0.497 e. The Morgan fingerprint density at radius 3 is 2.76 bits per heavy atom. The van der Waals surface area contributed by atoms with Gasteiger partial charge in [-0.2, -0.15) is 0 Å². The van der Waals surface area contributed by atoms with Crippen LogP contribution in [-0.2, 0) is 20.8 Å². The molecule has 2 aromatic carbocycles. The van der Waals surface area contributed by atoms with E-state index in [2.05, 4.69) is 5.32 Å². The van der Waals surface area contributed by atoms with Crippen molar-refractivity contribution >= 4 is 34.8 Å². The molecule has 7 heteroatoms. The maximum absolute atomic E-state index is 12.7. The molecule has 0 bridgehead atoms. The predicted molar refractivity (Wildman–Crippen MR) is 110 cm³/mol. The van der Waals surface area contributed by atoms with Gasteiger partial charge in [-0.25, -0.2) is 0 Å². The van der Waals surface area contributed by atoms with E-state index in [1.807, 2.05) is 18.2 Å². The van der Waals surface area contributed by atoms with Gasteiger partial charge in [-0.3, -0.25) is 14.4 Å². The van der Waals surface area contributed by atoms with E-state index in [9.17, 15) is 14.4 Å². The maximum atomic E-state index is 12.7. The van der Waals surface area contributed by atoms with E-state index in [0.717, 1.165) is 23.4 Å². The van der Waals surface area contributed by atoms with Gasteiger partial charge in [0, 0.05) is 49.6 Å². The summed E-state index contributed by atoms with van der Waals surface area (Å²) in [7, 11) is 1.57. The van der Waals surface area contributed by atoms with Crippen molar-refractivity contribution in [3.05, 3.63) is 48.0 Å². The molecule has 1 atom stereocenters.